The molecule has 1 aliphatic rings. The number of aromatic nitrogens is 1. The van der Waals surface area contributed by atoms with Gasteiger partial charge in [0.25, 0.3) is 0 Å². The van der Waals surface area contributed by atoms with Gasteiger partial charge in [0.2, 0.25) is 15.9 Å². The second-order valence-corrected chi connectivity index (χ2v) is 8.57. The molecule has 0 saturated carbocycles. The summed E-state index contributed by atoms with van der Waals surface area (Å²) in [5, 5.41) is 3.18. The third kappa shape index (κ3) is 3.67. The molecule has 1 aromatic heterocycles. The molecule has 0 bridgehead atoms. The lowest BCUT2D eigenvalue weighted by molar-refractivity contribution is -0.120. The number of amides is 1. The maximum Gasteiger partial charge on any atom is 0.229 e. The average Bonchev–Trinajstić information content (AvgIpc) is 2.87. The lowest BCUT2D eigenvalue weighted by Crippen LogP contribution is -2.40. The maximum atomic E-state index is 13.2. The summed E-state index contributed by atoms with van der Waals surface area (Å²) >= 11 is 1.22. The zero-order valence-electron chi connectivity index (χ0n) is 12.5. The van der Waals surface area contributed by atoms with Crippen molar-refractivity contribution in [1.29, 1.82) is 0 Å². The fraction of sp³-hybridized carbons (Fsp3) is 0.429. The van der Waals surface area contributed by atoms with E-state index in [2.05, 4.69) is 10.3 Å². The summed E-state index contributed by atoms with van der Waals surface area (Å²) in [4.78, 5) is 16.5. The van der Waals surface area contributed by atoms with Crippen LogP contribution >= 0.6 is 11.3 Å². The van der Waals surface area contributed by atoms with Crippen LogP contribution < -0.4 is 5.32 Å². The van der Waals surface area contributed by atoms with Crippen LogP contribution in [0.1, 0.15) is 12.8 Å². The summed E-state index contributed by atoms with van der Waals surface area (Å²) in [7, 11) is -3.20. The van der Waals surface area contributed by atoms with Crippen LogP contribution in [0.2, 0.25) is 0 Å². The van der Waals surface area contributed by atoms with Gasteiger partial charge in [0.1, 0.15) is 5.82 Å². The van der Waals surface area contributed by atoms with Crippen molar-refractivity contribution in [2.24, 2.45) is 5.92 Å². The molecule has 1 saturated heterocycles. The molecule has 0 aliphatic carbocycles. The van der Waals surface area contributed by atoms with Crippen LogP contribution in [-0.4, -0.2) is 43.0 Å². The minimum Gasteiger partial charge on any atom is -0.302 e. The number of piperidine rings is 1. The lowest BCUT2D eigenvalue weighted by atomic mass is 9.97. The molecule has 6 nitrogen and oxygen atoms in total. The quantitative estimate of drug-likeness (QED) is 0.912. The average molecular weight is 357 g/mol. The summed E-state index contributed by atoms with van der Waals surface area (Å²) in [5.41, 5.74) is 0.638. The molecule has 1 N–H and O–H groups in total. The molecule has 1 fully saturated rings. The first-order valence-corrected chi connectivity index (χ1v) is 9.81. The molecule has 2 heterocycles. The highest BCUT2D eigenvalue weighted by Crippen LogP contribution is 2.28. The van der Waals surface area contributed by atoms with E-state index in [-0.39, 0.29) is 17.6 Å². The van der Waals surface area contributed by atoms with Crippen molar-refractivity contribution < 1.29 is 17.6 Å². The molecule has 0 radical (unpaired) electrons. The van der Waals surface area contributed by atoms with E-state index < -0.39 is 10.0 Å². The Morgan fingerprint density at radius 1 is 1.39 bits per heavy atom. The number of thiazole rings is 1. The van der Waals surface area contributed by atoms with E-state index in [1.54, 1.807) is 6.07 Å². The maximum absolute atomic E-state index is 13.2. The topological polar surface area (TPSA) is 79.4 Å². The SMILES string of the molecule is CS(=O)(=O)N1CCC(C(=O)Nc2nc3ccc(F)cc3s2)CC1. The predicted octanol–water partition coefficient (Wildman–Crippen LogP) is 2.05. The van der Waals surface area contributed by atoms with Crippen LogP contribution in [0, 0.1) is 11.7 Å². The number of anilines is 1. The number of hydrogen-bond donors (Lipinski definition) is 1. The number of carbonyl (C=O) groups is 1. The second-order valence-electron chi connectivity index (χ2n) is 5.56. The van der Waals surface area contributed by atoms with Crippen LogP contribution in [0.25, 0.3) is 10.2 Å². The van der Waals surface area contributed by atoms with Gasteiger partial charge in [0.15, 0.2) is 5.13 Å². The van der Waals surface area contributed by atoms with E-state index in [0.717, 1.165) is 0 Å². The van der Waals surface area contributed by atoms with E-state index in [9.17, 15) is 17.6 Å². The minimum absolute atomic E-state index is 0.169. The normalized spacial score (nSPS) is 17.5. The Bertz CT molecular complexity index is 842. The van der Waals surface area contributed by atoms with Crippen LogP contribution in [-0.2, 0) is 14.8 Å². The zero-order chi connectivity index (χ0) is 16.6. The summed E-state index contributed by atoms with van der Waals surface area (Å²) < 4.78 is 38.2. The van der Waals surface area contributed by atoms with Gasteiger partial charge in [-0.05, 0) is 31.0 Å². The number of rotatable bonds is 3. The number of fused-ring (bicyclic) bond motifs is 1. The van der Waals surface area contributed by atoms with Gasteiger partial charge in [-0.15, -0.1) is 0 Å². The van der Waals surface area contributed by atoms with Gasteiger partial charge >= 0.3 is 0 Å². The number of halogens is 1. The van der Waals surface area contributed by atoms with Crippen molar-refractivity contribution in [1.82, 2.24) is 9.29 Å². The van der Waals surface area contributed by atoms with E-state index in [4.69, 9.17) is 0 Å². The van der Waals surface area contributed by atoms with Gasteiger partial charge < -0.3 is 5.32 Å². The van der Waals surface area contributed by atoms with Crippen molar-refractivity contribution >= 4 is 42.6 Å². The molecule has 1 amide bonds. The van der Waals surface area contributed by atoms with E-state index in [0.29, 0.717) is 41.3 Å². The van der Waals surface area contributed by atoms with Crippen LogP contribution in [0.5, 0.6) is 0 Å². The van der Waals surface area contributed by atoms with E-state index in [1.807, 2.05) is 0 Å². The van der Waals surface area contributed by atoms with Crippen molar-refractivity contribution in [3.05, 3.63) is 24.0 Å². The first kappa shape index (κ1) is 16.3. The van der Waals surface area contributed by atoms with Gasteiger partial charge in [-0.2, -0.15) is 0 Å². The third-order valence-electron chi connectivity index (χ3n) is 3.87. The Hall–Kier alpha value is -1.58. The summed E-state index contributed by atoms with van der Waals surface area (Å²) in [6.45, 7) is 0.698. The molecule has 1 aromatic carbocycles. The number of sulfonamides is 1. The number of benzene rings is 1. The Labute approximate surface area is 137 Å². The van der Waals surface area contributed by atoms with Gasteiger partial charge in [-0.3, -0.25) is 4.79 Å². The van der Waals surface area contributed by atoms with Crippen LogP contribution in [0.4, 0.5) is 9.52 Å². The molecule has 2 aromatic rings. The first-order chi connectivity index (χ1) is 10.8. The first-order valence-electron chi connectivity index (χ1n) is 7.15. The van der Waals surface area contributed by atoms with Gasteiger partial charge in [0.05, 0.1) is 16.5 Å². The number of hydrogen-bond acceptors (Lipinski definition) is 5. The molecule has 3 rings (SSSR count). The predicted molar refractivity (Wildman–Crippen MR) is 87.3 cm³/mol. The number of nitrogens with one attached hydrogen (secondary N) is 1. The summed E-state index contributed by atoms with van der Waals surface area (Å²) in [6, 6.07) is 4.28. The van der Waals surface area contributed by atoms with E-state index in [1.165, 1.54) is 34.0 Å². The van der Waals surface area contributed by atoms with Crippen molar-refractivity contribution in [2.75, 3.05) is 24.7 Å². The van der Waals surface area contributed by atoms with Crippen molar-refractivity contribution in [3.8, 4) is 0 Å². The molecule has 0 spiro atoms. The van der Waals surface area contributed by atoms with Gasteiger partial charge in [-0.1, -0.05) is 11.3 Å². The fourth-order valence-electron chi connectivity index (χ4n) is 2.61. The second kappa shape index (κ2) is 6.14. The molecular formula is C14H16FN3O3S2. The molecule has 124 valence electrons. The van der Waals surface area contributed by atoms with Crippen molar-refractivity contribution in [3.63, 3.8) is 0 Å². The van der Waals surface area contributed by atoms with Gasteiger partial charge in [0, 0.05) is 19.0 Å². The monoisotopic (exact) mass is 357 g/mol. The zero-order valence-corrected chi connectivity index (χ0v) is 14.1. The Kier molecular flexibility index (Phi) is 4.35. The van der Waals surface area contributed by atoms with Crippen LogP contribution in [0.15, 0.2) is 18.2 Å². The Morgan fingerprint density at radius 2 is 2.09 bits per heavy atom. The number of nitrogens with zero attached hydrogens (tertiary/aromatic N) is 2. The fourth-order valence-corrected chi connectivity index (χ4v) is 4.38. The number of carbonyl (C=O) groups excluding carboxylic acids is 1. The smallest absolute Gasteiger partial charge is 0.229 e. The van der Waals surface area contributed by atoms with Crippen LogP contribution in [0.3, 0.4) is 0 Å². The summed E-state index contributed by atoms with van der Waals surface area (Å²) in [5.74, 6) is -0.749. The molecule has 0 atom stereocenters. The lowest BCUT2D eigenvalue weighted by Gasteiger charge is -2.29. The van der Waals surface area contributed by atoms with Gasteiger partial charge in [-0.25, -0.2) is 22.1 Å². The summed E-state index contributed by atoms with van der Waals surface area (Å²) in [6.07, 6.45) is 2.14. The molecule has 1 aliphatic heterocycles. The molecule has 0 unspecified atom stereocenters. The standard InChI is InChI=1S/C14H16FN3O3S2/c1-23(20,21)18-6-4-9(5-7-18)13(19)17-14-16-11-3-2-10(15)8-12(11)22-14/h2-3,8-9H,4-7H2,1H3,(H,16,17,19). The highest BCUT2D eigenvalue weighted by Gasteiger charge is 2.29. The van der Waals surface area contributed by atoms with E-state index >= 15 is 0 Å². The Morgan fingerprint density at radius 3 is 2.74 bits per heavy atom. The third-order valence-corrected chi connectivity index (χ3v) is 6.11. The highest BCUT2D eigenvalue weighted by molar-refractivity contribution is 7.88. The molecular weight excluding hydrogens is 341 g/mol. The highest BCUT2D eigenvalue weighted by atomic mass is 32.2. The Balaban J connectivity index is 1.65. The minimum atomic E-state index is -3.20. The largest absolute Gasteiger partial charge is 0.302 e. The van der Waals surface area contributed by atoms with Crippen molar-refractivity contribution in [2.45, 2.75) is 12.8 Å². The molecule has 9 heteroatoms. The molecule has 23 heavy (non-hydrogen) atoms.